The van der Waals surface area contributed by atoms with Crippen molar-refractivity contribution in [2.24, 2.45) is 0 Å². The van der Waals surface area contributed by atoms with E-state index in [-0.39, 0.29) is 37.5 Å². The van der Waals surface area contributed by atoms with E-state index in [4.69, 9.17) is 26.8 Å². The topological polar surface area (TPSA) is 146 Å². The summed E-state index contributed by atoms with van der Waals surface area (Å²) in [5.41, 5.74) is 6.31. The highest BCUT2D eigenvalue weighted by Crippen LogP contribution is 2.55. The van der Waals surface area contributed by atoms with Gasteiger partial charge in [0.05, 0.1) is 6.33 Å². The smallest absolute Gasteiger partial charge is 0.357 e. The molecule has 0 spiro atoms. The summed E-state index contributed by atoms with van der Waals surface area (Å²) in [6, 6.07) is 0. The lowest BCUT2D eigenvalue weighted by Gasteiger charge is -2.31. The highest BCUT2D eigenvalue weighted by atomic mass is 35.5. The summed E-state index contributed by atoms with van der Waals surface area (Å²) in [5.74, 6) is 0.00276. The zero-order chi connectivity index (χ0) is 18.0. The second kappa shape index (κ2) is 7.30. The van der Waals surface area contributed by atoms with E-state index in [1.807, 2.05) is 0 Å². The van der Waals surface area contributed by atoms with Crippen molar-refractivity contribution in [3.63, 3.8) is 0 Å². The van der Waals surface area contributed by atoms with Crippen LogP contribution >= 0.6 is 19.2 Å². The van der Waals surface area contributed by atoms with Crippen molar-refractivity contribution < 1.29 is 23.8 Å². The normalized spacial score (nSPS) is 12.9. The molecule has 2 aromatic rings. The van der Waals surface area contributed by atoms with Crippen LogP contribution < -0.4 is 5.73 Å². The van der Waals surface area contributed by atoms with E-state index in [9.17, 15) is 14.4 Å². The minimum atomic E-state index is -4.44. The number of ether oxygens (including phenoxy) is 2. The van der Waals surface area contributed by atoms with Crippen molar-refractivity contribution in [3.8, 4) is 0 Å². The molecule has 24 heavy (non-hydrogen) atoms. The molecule has 0 aliphatic rings. The third-order valence-electron chi connectivity index (χ3n) is 3.72. The van der Waals surface area contributed by atoms with Crippen LogP contribution in [0.5, 0.6) is 0 Å². The van der Waals surface area contributed by atoms with Gasteiger partial charge in [-0.15, -0.1) is 0 Å². The quantitative estimate of drug-likeness (QED) is 0.270. The number of hydrogen-bond acceptors (Lipinski definition) is 7. The molecule has 10 nitrogen and oxygen atoms in total. The maximum absolute atomic E-state index is 11.6. The number of rotatable bonds is 8. The number of fused-ring (bicyclic) bond motifs is 1. The van der Waals surface area contributed by atoms with Gasteiger partial charge in [0.15, 0.2) is 22.9 Å². The number of imidazole rings is 1. The zero-order valence-electron chi connectivity index (χ0n) is 13.2. The highest BCUT2D eigenvalue weighted by molar-refractivity contribution is 7.53. The SMILES string of the molecule is CCC(CC)(OCOCn1cnc2c(Cl)nc(N)nc21)P(=O)(O)O. The van der Waals surface area contributed by atoms with Gasteiger partial charge in [-0.05, 0) is 12.8 Å². The Labute approximate surface area is 143 Å². The van der Waals surface area contributed by atoms with Crippen LogP contribution in [0.25, 0.3) is 11.2 Å². The number of anilines is 1. The number of aromatic nitrogens is 4. The molecule has 0 fully saturated rings. The van der Waals surface area contributed by atoms with Crippen molar-refractivity contribution in [2.45, 2.75) is 38.8 Å². The number of nitrogens with zero attached hydrogens (tertiary/aromatic N) is 4. The lowest BCUT2D eigenvalue weighted by molar-refractivity contribution is -0.133. The molecular weight excluding hydrogens is 361 g/mol. The van der Waals surface area contributed by atoms with Crippen LogP contribution in [-0.2, 0) is 20.8 Å². The fraction of sp³-hybridized carbons (Fsp3) is 0.583. The van der Waals surface area contributed by atoms with Crippen molar-refractivity contribution in [1.82, 2.24) is 19.5 Å². The van der Waals surface area contributed by atoms with Crippen LogP contribution in [0.4, 0.5) is 5.95 Å². The molecule has 12 heteroatoms. The molecule has 0 aliphatic carbocycles. The molecular formula is C12H19ClN5O5P. The monoisotopic (exact) mass is 379 g/mol. The average molecular weight is 380 g/mol. The molecule has 0 bridgehead atoms. The molecule has 2 rings (SSSR count). The Kier molecular flexibility index (Phi) is 5.79. The van der Waals surface area contributed by atoms with Crippen LogP contribution in [-0.4, -0.2) is 41.4 Å². The second-order valence-corrected chi connectivity index (χ2v) is 7.31. The molecule has 0 saturated carbocycles. The van der Waals surface area contributed by atoms with Crippen LogP contribution in [0, 0.1) is 0 Å². The van der Waals surface area contributed by atoms with E-state index in [1.165, 1.54) is 10.9 Å². The van der Waals surface area contributed by atoms with E-state index in [0.717, 1.165) is 0 Å². The first-order chi connectivity index (χ1) is 11.2. The van der Waals surface area contributed by atoms with Crippen LogP contribution in [0.2, 0.25) is 5.15 Å². The van der Waals surface area contributed by atoms with Crippen molar-refractivity contribution in [3.05, 3.63) is 11.5 Å². The maximum atomic E-state index is 11.6. The summed E-state index contributed by atoms with van der Waals surface area (Å²) in [7, 11) is -4.44. The summed E-state index contributed by atoms with van der Waals surface area (Å²) in [4.78, 5) is 30.9. The fourth-order valence-electron chi connectivity index (χ4n) is 2.26. The van der Waals surface area contributed by atoms with Crippen molar-refractivity contribution >= 4 is 36.3 Å². The number of halogens is 1. The fourth-order valence-corrected chi connectivity index (χ4v) is 3.52. The summed E-state index contributed by atoms with van der Waals surface area (Å²) < 4.78 is 23.8. The Morgan fingerprint density at radius 3 is 2.62 bits per heavy atom. The number of nitrogens with two attached hydrogens (primary N) is 1. The first kappa shape index (κ1) is 19.0. The van der Waals surface area contributed by atoms with Crippen molar-refractivity contribution in [1.29, 1.82) is 0 Å². The average Bonchev–Trinajstić information content (AvgIpc) is 2.90. The molecule has 134 valence electrons. The first-order valence-corrected chi connectivity index (χ1v) is 9.14. The molecule has 0 atom stereocenters. The third-order valence-corrected chi connectivity index (χ3v) is 5.80. The molecule has 0 saturated heterocycles. The second-order valence-electron chi connectivity index (χ2n) is 5.05. The predicted molar refractivity (Wildman–Crippen MR) is 87.1 cm³/mol. The van der Waals surface area contributed by atoms with Crippen molar-refractivity contribution in [2.75, 3.05) is 12.5 Å². The van der Waals surface area contributed by atoms with Gasteiger partial charge in [-0.3, -0.25) is 9.13 Å². The molecule has 0 amide bonds. The van der Waals surface area contributed by atoms with Crippen LogP contribution in [0.3, 0.4) is 0 Å². The molecule has 0 aliphatic heterocycles. The van der Waals surface area contributed by atoms with Gasteiger partial charge in [0, 0.05) is 0 Å². The number of hydrogen-bond donors (Lipinski definition) is 3. The summed E-state index contributed by atoms with van der Waals surface area (Å²) >= 11 is 5.93. The molecule has 0 unspecified atom stereocenters. The highest BCUT2D eigenvalue weighted by Gasteiger charge is 2.45. The molecule has 0 aromatic carbocycles. The zero-order valence-corrected chi connectivity index (χ0v) is 14.9. The Morgan fingerprint density at radius 2 is 2.04 bits per heavy atom. The molecule has 0 radical (unpaired) electrons. The van der Waals surface area contributed by atoms with E-state index in [1.54, 1.807) is 13.8 Å². The predicted octanol–water partition coefficient (Wildman–Crippen LogP) is 1.70. The largest absolute Gasteiger partial charge is 0.368 e. The van der Waals surface area contributed by atoms with Gasteiger partial charge in [-0.1, -0.05) is 25.4 Å². The minimum Gasteiger partial charge on any atom is -0.368 e. The Morgan fingerprint density at radius 1 is 1.38 bits per heavy atom. The molecule has 4 N–H and O–H groups in total. The van der Waals surface area contributed by atoms with Crippen LogP contribution in [0.15, 0.2) is 6.33 Å². The molecule has 2 aromatic heterocycles. The maximum Gasteiger partial charge on any atom is 0.357 e. The van der Waals surface area contributed by atoms with Gasteiger partial charge in [0.25, 0.3) is 0 Å². The van der Waals surface area contributed by atoms with Gasteiger partial charge in [0.1, 0.15) is 12.2 Å². The Hall–Kier alpha value is -1.29. The van der Waals surface area contributed by atoms with E-state index < -0.39 is 12.9 Å². The van der Waals surface area contributed by atoms with Crippen LogP contribution in [0.1, 0.15) is 26.7 Å². The van der Waals surface area contributed by atoms with Gasteiger partial charge in [-0.2, -0.15) is 9.97 Å². The van der Waals surface area contributed by atoms with Gasteiger partial charge >= 0.3 is 7.60 Å². The Balaban J connectivity index is 2.04. The minimum absolute atomic E-state index is 0.00276. The summed E-state index contributed by atoms with van der Waals surface area (Å²) in [5, 5.41) is -1.43. The van der Waals surface area contributed by atoms with E-state index in [0.29, 0.717) is 11.2 Å². The summed E-state index contributed by atoms with van der Waals surface area (Å²) in [6.45, 7) is 2.98. The molecule has 2 heterocycles. The third kappa shape index (κ3) is 3.69. The van der Waals surface area contributed by atoms with E-state index >= 15 is 0 Å². The number of nitrogen functional groups attached to an aromatic ring is 1. The standard InChI is InChI=1S/C12H19ClN5O5P/c1-3-12(4-2,24(19,20)21)23-7-22-6-18-5-15-8-9(13)16-11(14)17-10(8)18/h5H,3-4,6-7H2,1-2H3,(H2,14,16,17)(H2,19,20,21). The Bertz CT molecular complexity index is 760. The summed E-state index contributed by atoms with van der Waals surface area (Å²) in [6.07, 6.45) is 1.76. The van der Waals surface area contributed by atoms with Gasteiger partial charge in [-0.25, -0.2) is 4.98 Å². The lowest BCUT2D eigenvalue weighted by Crippen LogP contribution is -2.32. The lowest BCUT2D eigenvalue weighted by atomic mass is 10.2. The van der Waals surface area contributed by atoms with Gasteiger partial charge < -0.3 is 25.0 Å². The first-order valence-electron chi connectivity index (χ1n) is 7.15. The van der Waals surface area contributed by atoms with E-state index in [2.05, 4.69) is 15.0 Å². The van der Waals surface area contributed by atoms with Gasteiger partial charge in [0.2, 0.25) is 5.95 Å².